The van der Waals surface area contributed by atoms with Gasteiger partial charge in [0.1, 0.15) is 6.61 Å². The maximum atomic E-state index is 11.5. The van der Waals surface area contributed by atoms with Crippen LogP contribution >= 0.6 is 0 Å². The number of hydrogen-bond acceptors (Lipinski definition) is 4. The molecule has 1 rings (SSSR count). The number of hydrogen-bond donors (Lipinski definition) is 2. The van der Waals surface area contributed by atoms with Gasteiger partial charge in [0.2, 0.25) is 0 Å². The van der Waals surface area contributed by atoms with Crippen LogP contribution in [0.15, 0.2) is 43.0 Å². The van der Waals surface area contributed by atoms with Gasteiger partial charge in [0.15, 0.2) is 0 Å². The Morgan fingerprint density at radius 3 is 2.56 bits per heavy atom. The van der Waals surface area contributed by atoms with Gasteiger partial charge in [-0.1, -0.05) is 24.3 Å². The molecular weight excluding hydrogens is 232 g/mol. The lowest BCUT2D eigenvalue weighted by molar-refractivity contribution is 0.00975. The predicted octanol–water partition coefficient (Wildman–Crippen LogP) is 1.53. The van der Waals surface area contributed by atoms with E-state index in [0.717, 1.165) is 0 Å². The van der Waals surface area contributed by atoms with Gasteiger partial charge in [-0.25, -0.2) is 4.79 Å². The van der Waals surface area contributed by atoms with Crippen molar-refractivity contribution >= 4 is 5.97 Å². The number of ether oxygens (including phenoxy) is 1. The van der Waals surface area contributed by atoms with Crippen LogP contribution in [0.2, 0.25) is 0 Å². The fourth-order valence-corrected chi connectivity index (χ4v) is 1.50. The van der Waals surface area contributed by atoms with Crippen LogP contribution in [0.5, 0.6) is 0 Å². The Morgan fingerprint density at radius 1 is 1.28 bits per heavy atom. The lowest BCUT2D eigenvalue weighted by Crippen LogP contribution is -2.23. The molecule has 0 saturated heterocycles. The van der Waals surface area contributed by atoms with E-state index in [0.29, 0.717) is 12.0 Å². The van der Waals surface area contributed by atoms with Gasteiger partial charge >= 0.3 is 5.97 Å². The van der Waals surface area contributed by atoms with E-state index in [1.165, 1.54) is 0 Å². The molecule has 1 aromatic carbocycles. The fourth-order valence-electron chi connectivity index (χ4n) is 1.50. The third-order valence-corrected chi connectivity index (χ3v) is 2.40. The summed E-state index contributed by atoms with van der Waals surface area (Å²) < 4.78 is 4.94. The molecule has 0 bridgehead atoms. The monoisotopic (exact) mass is 250 g/mol. The first-order valence-corrected chi connectivity index (χ1v) is 5.82. The minimum absolute atomic E-state index is 0.123. The van der Waals surface area contributed by atoms with Crippen LogP contribution in [0, 0.1) is 0 Å². The Kier molecular flexibility index (Phi) is 6.11. The van der Waals surface area contributed by atoms with Gasteiger partial charge in [0.05, 0.1) is 17.8 Å². The molecule has 0 aromatic heterocycles. The first kappa shape index (κ1) is 14.4. The molecule has 0 heterocycles. The molecule has 0 aliphatic carbocycles. The van der Waals surface area contributed by atoms with Crippen LogP contribution in [0.3, 0.4) is 0 Å². The van der Waals surface area contributed by atoms with E-state index in [9.17, 15) is 15.0 Å². The van der Waals surface area contributed by atoms with Crippen molar-refractivity contribution in [3.05, 3.63) is 48.6 Å². The normalized spacial score (nSPS) is 13.7. The summed E-state index contributed by atoms with van der Waals surface area (Å²) in [6.07, 6.45) is 0.617. The highest BCUT2D eigenvalue weighted by Gasteiger charge is 2.14. The summed E-state index contributed by atoms with van der Waals surface area (Å²) in [4.78, 5) is 11.5. The second-order valence-corrected chi connectivity index (χ2v) is 4.03. The summed E-state index contributed by atoms with van der Waals surface area (Å²) in [6.45, 7) is 3.37. The summed E-state index contributed by atoms with van der Waals surface area (Å²) in [7, 11) is 0. The molecule has 2 atom stereocenters. The molecule has 0 aliphatic heterocycles. The zero-order chi connectivity index (χ0) is 13.4. The lowest BCUT2D eigenvalue weighted by atomic mass is 10.1. The second kappa shape index (κ2) is 7.63. The van der Waals surface area contributed by atoms with Gasteiger partial charge in [-0.05, 0) is 18.6 Å². The van der Waals surface area contributed by atoms with Crippen molar-refractivity contribution < 1.29 is 19.7 Å². The van der Waals surface area contributed by atoms with E-state index < -0.39 is 18.2 Å². The van der Waals surface area contributed by atoms with Gasteiger partial charge < -0.3 is 14.9 Å². The average molecular weight is 250 g/mol. The van der Waals surface area contributed by atoms with Gasteiger partial charge in [0.25, 0.3) is 0 Å². The molecule has 4 heteroatoms. The van der Waals surface area contributed by atoms with Crippen molar-refractivity contribution in [2.75, 3.05) is 6.61 Å². The number of aliphatic hydroxyl groups is 2. The Hall–Kier alpha value is -1.65. The summed E-state index contributed by atoms with van der Waals surface area (Å²) in [5.41, 5.74) is 0.441. The molecule has 0 fully saturated rings. The summed E-state index contributed by atoms with van der Waals surface area (Å²) in [6, 6.07) is 8.56. The smallest absolute Gasteiger partial charge is 0.338 e. The molecule has 1 aromatic rings. The van der Waals surface area contributed by atoms with E-state index in [1.54, 1.807) is 36.4 Å². The van der Waals surface area contributed by atoms with Gasteiger partial charge in [-0.2, -0.15) is 0 Å². The molecule has 0 radical (unpaired) electrons. The molecule has 0 spiro atoms. The molecule has 0 aliphatic rings. The maximum absolute atomic E-state index is 11.5. The summed E-state index contributed by atoms with van der Waals surface area (Å²) >= 11 is 0. The topological polar surface area (TPSA) is 66.8 Å². The lowest BCUT2D eigenvalue weighted by Gasteiger charge is -2.14. The number of carbonyl (C=O) groups is 1. The molecule has 4 nitrogen and oxygen atoms in total. The van der Waals surface area contributed by atoms with Crippen molar-refractivity contribution in [1.29, 1.82) is 0 Å². The van der Waals surface area contributed by atoms with Crippen molar-refractivity contribution in [2.45, 2.75) is 25.0 Å². The van der Waals surface area contributed by atoms with Gasteiger partial charge in [-0.15, -0.1) is 6.58 Å². The van der Waals surface area contributed by atoms with Crippen LogP contribution in [0.1, 0.15) is 23.2 Å². The highest BCUT2D eigenvalue weighted by Crippen LogP contribution is 2.06. The predicted molar refractivity (Wildman–Crippen MR) is 68.2 cm³/mol. The molecule has 98 valence electrons. The van der Waals surface area contributed by atoms with E-state index >= 15 is 0 Å². The Balaban J connectivity index is 2.32. The molecular formula is C14H18O4. The Labute approximate surface area is 107 Å². The SMILES string of the molecule is C=CC[C@@H](O)C[C@@H](O)COC(=O)c1ccccc1. The van der Waals surface area contributed by atoms with Crippen molar-refractivity contribution in [3.8, 4) is 0 Å². The fraction of sp³-hybridized carbons (Fsp3) is 0.357. The average Bonchev–Trinajstić information content (AvgIpc) is 2.37. The highest BCUT2D eigenvalue weighted by atomic mass is 16.5. The molecule has 18 heavy (non-hydrogen) atoms. The van der Waals surface area contributed by atoms with Crippen molar-refractivity contribution in [2.24, 2.45) is 0 Å². The zero-order valence-electron chi connectivity index (χ0n) is 10.2. The standard InChI is InChI=1S/C14H18O4/c1-2-6-12(15)9-13(16)10-18-14(17)11-7-4-3-5-8-11/h2-5,7-8,12-13,15-16H,1,6,9-10H2/t12-,13-/m1/s1. The zero-order valence-corrected chi connectivity index (χ0v) is 10.2. The third-order valence-electron chi connectivity index (χ3n) is 2.40. The maximum Gasteiger partial charge on any atom is 0.338 e. The molecule has 0 unspecified atom stereocenters. The van der Waals surface area contributed by atoms with Crippen LogP contribution in [0.25, 0.3) is 0 Å². The van der Waals surface area contributed by atoms with Crippen LogP contribution in [0.4, 0.5) is 0 Å². The highest BCUT2D eigenvalue weighted by molar-refractivity contribution is 5.89. The van der Waals surface area contributed by atoms with E-state index in [-0.39, 0.29) is 13.0 Å². The number of benzene rings is 1. The van der Waals surface area contributed by atoms with Gasteiger partial charge in [0, 0.05) is 6.42 Å². The Bertz CT molecular complexity index is 375. The molecule has 0 saturated carbocycles. The minimum atomic E-state index is -0.868. The van der Waals surface area contributed by atoms with E-state index in [4.69, 9.17) is 4.74 Å². The van der Waals surface area contributed by atoms with E-state index in [2.05, 4.69) is 6.58 Å². The number of rotatable bonds is 7. The van der Waals surface area contributed by atoms with Crippen molar-refractivity contribution in [1.82, 2.24) is 0 Å². The Morgan fingerprint density at radius 2 is 1.94 bits per heavy atom. The summed E-state index contributed by atoms with van der Waals surface area (Å²) in [5, 5.41) is 19.0. The molecule has 0 amide bonds. The quantitative estimate of drug-likeness (QED) is 0.569. The van der Waals surface area contributed by atoms with Crippen molar-refractivity contribution in [3.63, 3.8) is 0 Å². The largest absolute Gasteiger partial charge is 0.459 e. The van der Waals surface area contributed by atoms with Crippen LogP contribution in [-0.2, 0) is 4.74 Å². The number of aliphatic hydroxyl groups excluding tert-OH is 2. The van der Waals surface area contributed by atoms with E-state index in [1.807, 2.05) is 0 Å². The third kappa shape index (κ3) is 5.12. The molecule has 2 N–H and O–H groups in total. The number of carbonyl (C=O) groups excluding carboxylic acids is 1. The summed E-state index contributed by atoms with van der Waals surface area (Å²) in [5.74, 6) is -0.479. The number of esters is 1. The van der Waals surface area contributed by atoms with Crippen LogP contribution < -0.4 is 0 Å². The van der Waals surface area contributed by atoms with Crippen LogP contribution in [-0.4, -0.2) is 35.0 Å². The first-order valence-electron chi connectivity index (χ1n) is 5.82. The minimum Gasteiger partial charge on any atom is -0.459 e. The first-order chi connectivity index (χ1) is 8.63. The van der Waals surface area contributed by atoms with Gasteiger partial charge in [-0.3, -0.25) is 0 Å². The second-order valence-electron chi connectivity index (χ2n) is 4.03.